The Morgan fingerprint density at radius 1 is 1.41 bits per heavy atom. The molecule has 17 heavy (non-hydrogen) atoms. The summed E-state index contributed by atoms with van der Waals surface area (Å²) in [4.78, 5) is 14.3. The lowest BCUT2D eigenvalue weighted by Gasteiger charge is -2.10. The molecule has 0 spiro atoms. The van der Waals surface area contributed by atoms with E-state index in [1.54, 1.807) is 0 Å². The van der Waals surface area contributed by atoms with Crippen LogP contribution in [0.25, 0.3) is 5.65 Å². The fraction of sp³-hybridized carbons (Fsp3) is 0.125. The minimum atomic E-state index is -4.82. The summed E-state index contributed by atoms with van der Waals surface area (Å²) >= 11 is 0. The molecule has 2 aromatic heterocycles. The molecule has 6 nitrogen and oxygen atoms in total. The lowest BCUT2D eigenvalue weighted by atomic mass is 10.2. The SMILES string of the molecule is Nc1cnn2c(C(=O)O)c(C(F)(F)F)cnc12. The second-order valence-electron chi connectivity index (χ2n) is 3.16. The first-order valence-electron chi connectivity index (χ1n) is 4.25. The third-order valence-corrected chi connectivity index (χ3v) is 2.06. The molecule has 0 aliphatic heterocycles. The van der Waals surface area contributed by atoms with Crippen molar-refractivity contribution in [3.63, 3.8) is 0 Å². The second-order valence-corrected chi connectivity index (χ2v) is 3.16. The van der Waals surface area contributed by atoms with Gasteiger partial charge in [-0.05, 0) is 0 Å². The summed E-state index contributed by atoms with van der Waals surface area (Å²) in [6.07, 6.45) is -3.36. The van der Waals surface area contributed by atoms with Crippen LogP contribution in [0.15, 0.2) is 12.4 Å². The van der Waals surface area contributed by atoms with Gasteiger partial charge in [-0.25, -0.2) is 14.3 Å². The maximum atomic E-state index is 12.6. The highest BCUT2D eigenvalue weighted by molar-refractivity contribution is 5.89. The fourth-order valence-corrected chi connectivity index (χ4v) is 1.36. The lowest BCUT2D eigenvalue weighted by molar-refractivity contribution is -0.138. The lowest BCUT2D eigenvalue weighted by Crippen LogP contribution is -2.18. The molecule has 0 saturated carbocycles. The van der Waals surface area contributed by atoms with Gasteiger partial charge in [0.15, 0.2) is 11.3 Å². The highest BCUT2D eigenvalue weighted by Gasteiger charge is 2.38. The summed E-state index contributed by atoms with van der Waals surface area (Å²) in [6, 6.07) is 0. The molecule has 9 heteroatoms. The zero-order chi connectivity index (χ0) is 12.8. The van der Waals surface area contributed by atoms with Crippen LogP contribution < -0.4 is 5.73 Å². The van der Waals surface area contributed by atoms with Gasteiger partial charge in [0.1, 0.15) is 5.56 Å². The van der Waals surface area contributed by atoms with Crippen molar-refractivity contribution in [2.45, 2.75) is 6.18 Å². The van der Waals surface area contributed by atoms with Crippen molar-refractivity contribution >= 4 is 17.3 Å². The molecular formula is C8H5F3N4O2. The Labute approximate surface area is 91.5 Å². The van der Waals surface area contributed by atoms with E-state index < -0.39 is 23.4 Å². The first kappa shape index (κ1) is 11.2. The van der Waals surface area contributed by atoms with Crippen molar-refractivity contribution in [3.05, 3.63) is 23.7 Å². The van der Waals surface area contributed by atoms with Crippen LogP contribution in [0.3, 0.4) is 0 Å². The van der Waals surface area contributed by atoms with E-state index in [9.17, 15) is 18.0 Å². The smallest absolute Gasteiger partial charge is 0.420 e. The molecule has 0 aromatic carbocycles. The zero-order valence-electron chi connectivity index (χ0n) is 8.06. The topological polar surface area (TPSA) is 93.5 Å². The monoisotopic (exact) mass is 246 g/mol. The number of nitrogens with two attached hydrogens (primary N) is 1. The molecule has 0 unspecified atom stereocenters. The first-order valence-corrected chi connectivity index (χ1v) is 4.25. The van der Waals surface area contributed by atoms with E-state index in [1.165, 1.54) is 0 Å². The Kier molecular flexibility index (Phi) is 2.19. The number of aromatic carboxylic acids is 1. The van der Waals surface area contributed by atoms with Gasteiger partial charge in [0.2, 0.25) is 0 Å². The van der Waals surface area contributed by atoms with Crippen LogP contribution in [0.1, 0.15) is 16.1 Å². The van der Waals surface area contributed by atoms with Crippen LogP contribution >= 0.6 is 0 Å². The maximum absolute atomic E-state index is 12.6. The molecule has 2 rings (SSSR count). The van der Waals surface area contributed by atoms with Gasteiger partial charge in [-0.2, -0.15) is 18.3 Å². The number of carboxylic acid groups (broad SMARTS) is 1. The zero-order valence-corrected chi connectivity index (χ0v) is 8.06. The minimum Gasteiger partial charge on any atom is -0.476 e. The molecular weight excluding hydrogens is 241 g/mol. The Hall–Kier alpha value is -2.32. The summed E-state index contributed by atoms with van der Waals surface area (Å²) in [5.74, 6) is -1.76. The third kappa shape index (κ3) is 1.65. The van der Waals surface area contributed by atoms with Crippen molar-refractivity contribution in [1.82, 2.24) is 14.6 Å². The fourth-order valence-electron chi connectivity index (χ4n) is 1.36. The Morgan fingerprint density at radius 2 is 2.06 bits per heavy atom. The number of nitrogens with zero attached hydrogens (tertiary/aromatic N) is 3. The van der Waals surface area contributed by atoms with Crippen molar-refractivity contribution in [3.8, 4) is 0 Å². The summed E-state index contributed by atoms with van der Waals surface area (Å²) in [5.41, 5.74) is 2.87. The minimum absolute atomic E-state index is 0.00113. The number of carboxylic acids is 1. The van der Waals surface area contributed by atoms with E-state index in [4.69, 9.17) is 10.8 Å². The van der Waals surface area contributed by atoms with Crippen LogP contribution in [0.2, 0.25) is 0 Å². The molecule has 3 N–H and O–H groups in total. The number of aromatic nitrogens is 3. The summed E-state index contributed by atoms with van der Waals surface area (Å²) in [7, 11) is 0. The average molecular weight is 246 g/mol. The molecule has 2 heterocycles. The molecule has 0 bridgehead atoms. The van der Waals surface area contributed by atoms with Crippen molar-refractivity contribution in [2.24, 2.45) is 0 Å². The highest BCUT2D eigenvalue weighted by atomic mass is 19.4. The first-order chi connectivity index (χ1) is 7.82. The van der Waals surface area contributed by atoms with Crippen LogP contribution in [0.5, 0.6) is 0 Å². The van der Waals surface area contributed by atoms with E-state index >= 15 is 0 Å². The van der Waals surface area contributed by atoms with Crippen LogP contribution in [0, 0.1) is 0 Å². The van der Waals surface area contributed by atoms with Gasteiger partial charge < -0.3 is 10.8 Å². The normalized spacial score (nSPS) is 11.9. The van der Waals surface area contributed by atoms with Gasteiger partial charge in [0.25, 0.3) is 0 Å². The quantitative estimate of drug-likeness (QED) is 0.783. The van der Waals surface area contributed by atoms with Gasteiger partial charge in [-0.1, -0.05) is 0 Å². The summed E-state index contributed by atoms with van der Waals surface area (Å²) in [6.45, 7) is 0. The molecule has 0 fully saturated rings. The van der Waals surface area contributed by atoms with Gasteiger partial charge in [0, 0.05) is 6.20 Å². The highest BCUT2D eigenvalue weighted by Crippen LogP contribution is 2.32. The van der Waals surface area contributed by atoms with Gasteiger partial charge in [-0.15, -0.1) is 0 Å². The summed E-state index contributed by atoms with van der Waals surface area (Å²) in [5, 5.41) is 12.3. The average Bonchev–Trinajstić information content (AvgIpc) is 2.57. The predicted molar refractivity (Wildman–Crippen MR) is 49.4 cm³/mol. The molecule has 0 radical (unpaired) electrons. The van der Waals surface area contributed by atoms with Crippen molar-refractivity contribution < 1.29 is 23.1 Å². The van der Waals surface area contributed by atoms with E-state index in [0.717, 1.165) is 6.20 Å². The molecule has 90 valence electrons. The van der Waals surface area contributed by atoms with E-state index in [2.05, 4.69) is 10.1 Å². The van der Waals surface area contributed by atoms with E-state index in [0.29, 0.717) is 10.7 Å². The number of carbonyl (C=O) groups is 1. The van der Waals surface area contributed by atoms with E-state index in [-0.39, 0.29) is 11.3 Å². The molecule has 0 aliphatic carbocycles. The third-order valence-electron chi connectivity index (χ3n) is 2.06. The Balaban J connectivity index is 2.87. The Morgan fingerprint density at radius 3 is 2.59 bits per heavy atom. The maximum Gasteiger partial charge on any atom is 0.420 e. The molecule has 2 aromatic rings. The number of halogens is 3. The van der Waals surface area contributed by atoms with Crippen LogP contribution in [-0.4, -0.2) is 25.7 Å². The number of fused-ring (bicyclic) bond motifs is 1. The van der Waals surface area contributed by atoms with Gasteiger partial charge >= 0.3 is 12.1 Å². The molecule has 0 atom stereocenters. The predicted octanol–water partition coefficient (Wildman–Crippen LogP) is 1.03. The second kappa shape index (κ2) is 3.34. The summed E-state index contributed by atoms with van der Waals surface area (Å²) < 4.78 is 38.3. The Bertz CT molecular complexity index is 605. The number of alkyl halides is 3. The molecule has 0 aliphatic rings. The van der Waals surface area contributed by atoms with Crippen LogP contribution in [0.4, 0.5) is 18.9 Å². The van der Waals surface area contributed by atoms with Crippen LogP contribution in [-0.2, 0) is 6.18 Å². The number of hydrogen-bond acceptors (Lipinski definition) is 4. The standard InChI is InChI=1S/C8H5F3N4O2/c9-8(10,11)3-1-13-6-4(12)2-14-15(6)5(3)7(16)17/h1-2H,12H2,(H,16,17). The molecule has 0 saturated heterocycles. The molecule has 0 amide bonds. The number of rotatable bonds is 1. The van der Waals surface area contributed by atoms with Gasteiger partial charge in [-0.3, -0.25) is 0 Å². The largest absolute Gasteiger partial charge is 0.476 e. The van der Waals surface area contributed by atoms with E-state index in [1.807, 2.05) is 0 Å². The number of nitrogen functional groups attached to an aromatic ring is 1. The van der Waals surface area contributed by atoms with Crippen molar-refractivity contribution in [2.75, 3.05) is 5.73 Å². The number of hydrogen-bond donors (Lipinski definition) is 2. The number of anilines is 1. The van der Waals surface area contributed by atoms with Gasteiger partial charge in [0.05, 0.1) is 11.9 Å². The van der Waals surface area contributed by atoms with Crippen molar-refractivity contribution in [1.29, 1.82) is 0 Å².